The minimum atomic E-state index is -0.208. The molecule has 2 aromatic heterocycles. The number of likely N-dealkylation sites (tertiary alicyclic amines) is 1. The highest BCUT2D eigenvalue weighted by Gasteiger charge is 2.28. The number of pyridine rings is 1. The van der Waals surface area contributed by atoms with Crippen LogP contribution in [0, 0.1) is 0 Å². The number of carbonyl (C=O) groups is 1. The molecule has 3 aromatic rings. The summed E-state index contributed by atoms with van der Waals surface area (Å²) < 4.78 is 5.77. The molecule has 2 amide bonds. The monoisotopic (exact) mass is 338 g/mol. The molecule has 1 atom stereocenters. The van der Waals surface area contributed by atoms with Crippen LogP contribution in [-0.4, -0.2) is 45.2 Å². The Balaban J connectivity index is 1.56. The van der Waals surface area contributed by atoms with Gasteiger partial charge in [-0.1, -0.05) is 6.07 Å². The van der Waals surface area contributed by atoms with Crippen molar-refractivity contribution in [1.29, 1.82) is 0 Å². The molecule has 0 bridgehead atoms. The zero-order valence-electron chi connectivity index (χ0n) is 13.6. The number of carbonyl (C=O) groups excluding carboxylic acids is 1. The van der Waals surface area contributed by atoms with Gasteiger partial charge in [0.1, 0.15) is 11.2 Å². The van der Waals surface area contributed by atoms with Gasteiger partial charge in [-0.05, 0) is 37.1 Å². The minimum absolute atomic E-state index is 0.0119. The number of nitrogens with one attached hydrogen (secondary N) is 1. The summed E-state index contributed by atoms with van der Waals surface area (Å²) in [5.74, 6) is 0.443. The van der Waals surface area contributed by atoms with Crippen LogP contribution < -0.4 is 5.32 Å². The maximum Gasteiger partial charge on any atom is 0.322 e. The number of fused-ring (bicyclic) bond motifs is 1. The summed E-state index contributed by atoms with van der Waals surface area (Å²) >= 11 is 0. The summed E-state index contributed by atoms with van der Waals surface area (Å²) in [6.45, 7) is 0.646. The highest BCUT2D eigenvalue weighted by Crippen LogP contribution is 2.26. The lowest BCUT2D eigenvalue weighted by Crippen LogP contribution is -2.40. The third-order valence-corrected chi connectivity index (χ3v) is 4.37. The number of aromatic nitrogens is 2. The molecule has 1 aliphatic rings. The second kappa shape index (κ2) is 6.52. The Hall–Kier alpha value is -2.93. The van der Waals surface area contributed by atoms with Gasteiger partial charge in [0.25, 0.3) is 0 Å². The first kappa shape index (κ1) is 15.6. The van der Waals surface area contributed by atoms with Gasteiger partial charge in [0.05, 0.1) is 12.6 Å². The fraction of sp³-hybridized carbons (Fsp3) is 0.278. The van der Waals surface area contributed by atoms with Crippen molar-refractivity contribution in [2.24, 2.45) is 0 Å². The largest absolute Gasteiger partial charge is 0.435 e. The van der Waals surface area contributed by atoms with Gasteiger partial charge in [0.2, 0.25) is 5.89 Å². The molecule has 3 heterocycles. The van der Waals surface area contributed by atoms with Crippen LogP contribution in [0.15, 0.2) is 47.0 Å². The Morgan fingerprint density at radius 3 is 3.08 bits per heavy atom. The molecule has 1 fully saturated rings. The van der Waals surface area contributed by atoms with Crippen molar-refractivity contribution in [2.75, 3.05) is 18.5 Å². The van der Waals surface area contributed by atoms with Gasteiger partial charge in [0, 0.05) is 24.5 Å². The first-order valence-electron chi connectivity index (χ1n) is 8.25. The van der Waals surface area contributed by atoms with E-state index in [4.69, 9.17) is 4.42 Å². The Bertz CT molecular complexity index is 894. The third-order valence-electron chi connectivity index (χ3n) is 4.37. The van der Waals surface area contributed by atoms with E-state index >= 15 is 0 Å². The number of oxazole rings is 1. The molecule has 1 saturated heterocycles. The van der Waals surface area contributed by atoms with E-state index < -0.39 is 0 Å². The van der Waals surface area contributed by atoms with Crippen LogP contribution in [0.3, 0.4) is 0 Å². The molecular weight excluding hydrogens is 320 g/mol. The van der Waals surface area contributed by atoms with Gasteiger partial charge in [-0.15, -0.1) is 0 Å². The van der Waals surface area contributed by atoms with Crippen LogP contribution in [0.2, 0.25) is 0 Å². The molecule has 25 heavy (non-hydrogen) atoms. The molecule has 128 valence electrons. The zero-order valence-corrected chi connectivity index (χ0v) is 13.6. The van der Waals surface area contributed by atoms with Gasteiger partial charge in [-0.25, -0.2) is 9.78 Å². The predicted molar refractivity (Wildman–Crippen MR) is 93.1 cm³/mol. The second-order valence-electron chi connectivity index (χ2n) is 6.02. The van der Waals surface area contributed by atoms with Crippen molar-refractivity contribution >= 4 is 22.8 Å². The smallest absolute Gasteiger partial charge is 0.322 e. The molecule has 0 saturated carbocycles. The van der Waals surface area contributed by atoms with Crippen molar-refractivity contribution in [1.82, 2.24) is 14.9 Å². The van der Waals surface area contributed by atoms with Gasteiger partial charge in [0.15, 0.2) is 5.58 Å². The molecule has 1 aliphatic heterocycles. The van der Waals surface area contributed by atoms with Crippen LogP contribution in [0.25, 0.3) is 22.7 Å². The Morgan fingerprint density at radius 2 is 2.28 bits per heavy atom. The summed E-state index contributed by atoms with van der Waals surface area (Å²) in [5, 5.41) is 12.2. The SMILES string of the molecule is O=C(Nc1ccc2nc(-c3ccccn3)oc2c1)N1CCC[C@@H]1CO. The molecule has 4 rings (SSSR count). The van der Waals surface area contributed by atoms with Crippen molar-refractivity contribution in [3.63, 3.8) is 0 Å². The maximum atomic E-state index is 12.4. The molecule has 1 aromatic carbocycles. The lowest BCUT2D eigenvalue weighted by molar-refractivity contribution is 0.166. The quantitative estimate of drug-likeness (QED) is 0.766. The number of aliphatic hydroxyl groups excluding tert-OH is 1. The molecule has 0 unspecified atom stereocenters. The molecule has 2 N–H and O–H groups in total. The Labute approximate surface area is 144 Å². The molecule has 0 aliphatic carbocycles. The van der Waals surface area contributed by atoms with Gasteiger partial charge in [-0.2, -0.15) is 0 Å². The normalized spacial score (nSPS) is 17.2. The maximum absolute atomic E-state index is 12.4. The van der Waals surface area contributed by atoms with Crippen LogP contribution in [0.5, 0.6) is 0 Å². The fourth-order valence-electron chi connectivity index (χ4n) is 3.09. The van der Waals surface area contributed by atoms with E-state index in [1.807, 2.05) is 18.2 Å². The predicted octanol–water partition coefficient (Wildman–Crippen LogP) is 2.88. The van der Waals surface area contributed by atoms with Crippen LogP contribution in [0.4, 0.5) is 10.5 Å². The average molecular weight is 338 g/mol. The van der Waals surface area contributed by atoms with E-state index in [-0.39, 0.29) is 18.7 Å². The standard InChI is InChI=1S/C18H18N4O3/c23-11-13-4-3-9-22(13)18(24)20-12-6-7-14-16(10-12)25-17(21-14)15-5-1-2-8-19-15/h1-2,5-8,10,13,23H,3-4,9,11H2,(H,20,24)/t13-/m1/s1. The van der Waals surface area contributed by atoms with E-state index in [1.165, 1.54) is 0 Å². The molecular formula is C18H18N4O3. The summed E-state index contributed by atoms with van der Waals surface area (Å²) in [7, 11) is 0. The van der Waals surface area contributed by atoms with Crippen molar-refractivity contribution < 1.29 is 14.3 Å². The van der Waals surface area contributed by atoms with Crippen molar-refractivity contribution in [2.45, 2.75) is 18.9 Å². The number of anilines is 1. The van der Waals surface area contributed by atoms with Crippen LogP contribution in [0.1, 0.15) is 12.8 Å². The van der Waals surface area contributed by atoms with E-state index in [2.05, 4.69) is 15.3 Å². The average Bonchev–Trinajstić information content (AvgIpc) is 3.28. The minimum Gasteiger partial charge on any atom is -0.435 e. The number of amides is 2. The topological polar surface area (TPSA) is 91.5 Å². The summed E-state index contributed by atoms with van der Waals surface area (Å²) in [6.07, 6.45) is 3.43. The number of hydrogen-bond acceptors (Lipinski definition) is 5. The number of hydrogen-bond donors (Lipinski definition) is 2. The number of aliphatic hydroxyl groups is 1. The number of benzene rings is 1. The molecule has 0 spiro atoms. The zero-order chi connectivity index (χ0) is 17.2. The van der Waals surface area contributed by atoms with E-state index in [0.29, 0.717) is 34.9 Å². The Morgan fingerprint density at radius 1 is 1.36 bits per heavy atom. The Kier molecular flexibility index (Phi) is 4.07. The summed E-state index contributed by atoms with van der Waals surface area (Å²) in [5.41, 5.74) is 2.57. The van der Waals surface area contributed by atoms with E-state index in [0.717, 1.165) is 12.8 Å². The second-order valence-corrected chi connectivity index (χ2v) is 6.02. The number of urea groups is 1. The third kappa shape index (κ3) is 3.06. The van der Waals surface area contributed by atoms with Gasteiger partial charge in [-0.3, -0.25) is 4.98 Å². The lowest BCUT2D eigenvalue weighted by Gasteiger charge is -2.23. The molecule has 0 radical (unpaired) electrons. The van der Waals surface area contributed by atoms with Gasteiger partial charge < -0.3 is 19.7 Å². The first-order valence-corrected chi connectivity index (χ1v) is 8.25. The van der Waals surface area contributed by atoms with Crippen LogP contribution in [-0.2, 0) is 0 Å². The molecule has 7 nitrogen and oxygen atoms in total. The van der Waals surface area contributed by atoms with E-state index in [1.54, 1.807) is 29.3 Å². The summed E-state index contributed by atoms with van der Waals surface area (Å²) in [6, 6.07) is 10.6. The van der Waals surface area contributed by atoms with Crippen molar-refractivity contribution in [3.8, 4) is 11.6 Å². The highest BCUT2D eigenvalue weighted by atomic mass is 16.3. The molecule has 7 heteroatoms. The van der Waals surface area contributed by atoms with Gasteiger partial charge >= 0.3 is 6.03 Å². The van der Waals surface area contributed by atoms with Crippen LogP contribution >= 0.6 is 0 Å². The lowest BCUT2D eigenvalue weighted by atomic mass is 10.2. The number of nitrogens with zero attached hydrogens (tertiary/aromatic N) is 3. The highest BCUT2D eigenvalue weighted by molar-refractivity contribution is 5.92. The number of rotatable bonds is 3. The van der Waals surface area contributed by atoms with E-state index in [9.17, 15) is 9.90 Å². The fourth-order valence-corrected chi connectivity index (χ4v) is 3.09. The summed E-state index contributed by atoms with van der Waals surface area (Å²) in [4.78, 5) is 22.7. The first-order chi connectivity index (χ1) is 12.2. The van der Waals surface area contributed by atoms with Crippen molar-refractivity contribution in [3.05, 3.63) is 42.6 Å².